The molecule has 1 N–H and O–H groups in total. The number of thioether (sulfide) groups is 1. The van der Waals surface area contributed by atoms with Gasteiger partial charge in [0, 0.05) is 19.0 Å². The van der Waals surface area contributed by atoms with Gasteiger partial charge in [-0.1, -0.05) is 29.0 Å². The lowest BCUT2D eigenvalue weighted by molar-refractivity contribution is -0.120. The maximum absolute atomic E-state index is 13.2. The van der Waals surface area contributed by atoms with E-state index in [9.17, 15) is 13.2 Å². The molecule has 0 unspecified atom stereocenters. The molecule has 158 valence electrons. The van der Waals surface area contributed by atoms with Crippen LogP contribution in [0.2, 0.25) is 0 Å². The number of aromatic nitrogens is 1. The molecule has 1 aliphatic rings. The zero-order valence-electron chi connectivity index (χ0n) is 17.4. The fraction of sp³-hybridized carbons (Fsp3) is 0.500. The van der Waals surface area contributed by atoms with Crippen LogP contribution in [-0.2, 0) is 14.8 Å². The van der Waals surface area contributed by atoms with Gasteiger partial charge in [0.1, 0.15) is 0 Å². The predicted molar refractivity (Wildman–Crippen MR) is 119 cm³/mol. The van der Waals surface area contributed by atoms with Gasteiger partial charge < -0.3 is 5.32 Å². The summed E-state index contributed by atoms with van der Waals surface area (Å²) in [6, 6.07) is 3.80. The summed E-state index contributed by atoms with van der Waals surface area (Å²) in [7, 11) is -3.57. The quantitative estimate of drug-likeness (QED) is 0.689. The Labute approximate surface area is 181 Å². The fourth-order valence-corrected chi connectivity index (χ4v) is 7.39. The second kappa shape index (κ2) is 8.75. The monoisotopic (exact) mass is 453 g/mol. The van der Waals surface area contributed by atoms with Crippen LogP contribution in [0.5, 0.6) is 0 Å². The number of rotatable bonds is 5. The molecule has 1 aromatic heterocycles. The topological polar surface area (TPSA) is 79.4 Å². The highest BCUT2D eigenvalue weighted by atomic mass is 32.2. The van der Waals surface area contributed by atoms with E-state index in [0.717, 1.165) is 26.6 Å². The van der Waals surface area contributed by atoms with Crippen molar-refractivity contribution < 1.29 is 13.2 Å². The molecular weight excluding hydrogens is 426 g/mol. The van der Waals surface area contributed by atoms with Gasteiger partial charge in [0.15, 0.2) is 5.13 Å². The summed E-state index contributed by atoms with van der Waals surface area (Å²) in [4.78, 5) is 17.4. The van der Waals surface area contributed by atoms with E-state index in [1.165, 1.54) is 15.6 Å². The second-order valence-corrected chi connectivity index (χ2v) is 11.4. The molecule has 9 heteroatoms. The number of benzene rings is 1. The smallest absolute Gasteiger partial charge is 0.243 e. The standard InChI is InChI=1S/C20H27N3O3S3/c1-12-10-13(2)17(14(3)11-12)29(25,26)23-8-6-16(7-9-23)18(24)22-20-21-15(4)19(27-5)28-20/h10-11,16H,6-9H2,1-5H3,(H,21,22,24). The first kappa shape index (κ1) is 22.3. The second-order valence-electron chi connectivity index (χ2n) is 7.49. The summed E-state index contributed by atoms with van der Waals surface area (Å²) in [6.45, 7) is 8.27. The van der Waals surface area contributed by atoms with Crippen molar-refractivity contribution in [3.05, 3.63) is 34.5 Å². The van der Waals surface area contributed by atoms with Crippen molar-refractivity contribution in [3.8, 4) is 0 Å². The molecule has 0 spiro atoms. The lowest BCUT2D eigenvalue weighted by atomic mass is 9.97. The van der Waals surface area contributed by atoms with Gasteiger partial charge in [0.05, 0.1) is 14.8 Å². The third-order valence-corrected chi connectivity index (χ3v) is 9.69. The van der Waals surface area contributed by atoms with Crippen LogP contribution >= 0.6 is 23.1 Å². The number of sulfonamides is 1. The fourth-order valence-electron chi connectivity index (χ4n) is 3.89. The van der Waals surface area contributed by atoms with Crippen LogP contribution in [0, 0.1) is 33.6 Å². The molecule has 0 atom stereocenters. The van der Waals surface area contributed by atoms with Gasteiger partial charge in [-0.3, -0.25) is 4.79 Å². The third-order valence-electron chi connectivity index (χ3n) is 5.20. The first-order valence-electron chi connectivity index (χ1n) is 9.53. The molecule has 1 aromatic carbocycles. The minimum Gasteiger partial charge on any atom is -0.302 e. The molecule has 1 amide bonds. The average Bonchev–Trinajstić information content (AvgIpc) is 3.00. The van der Waals surface area contributed by atoms with E-state index >= 15 is 0 Å². The van der Waals surface area contributed by atoms with E-state index in [1.54, 1.807) is 11.8 Å². The van der Waals surface area contributed by atoms with Gasteiger partial charge in [0.2, 0.25) is 15.9 Å². The largest absolute Gasteiger partial charge is 0.302 e. The van der Waals surface area contributed by atoms with Gasteiger partial charge in [-0.2, -0.15) is 4.31 Å². The molecule has 3 rings (SSSR count). The van der Waals surface area contributed by atoms with Gasteiger partial charge in [-0.25, -0.2) is 13.4 Å². The molecule has 0 aliphatic carbocycles. The van der Waals surface area contributed by atoms with Crippen LogP contribution in [0.1, 0.15) is 35.2 Å². The first-order valence-corrected chi connectivity index (χ1v) is 13.0. The Morgan fingerprint density at radius 3 is 2.28 bits per heavy atom. The van der Waals surface area contributed by atoms with Gasteiger partial charge in [0.25, 0.3) is 0 Å². The zero-order chi connectivity index (χ0) is 21.3. The average molecular weight is 454 g/mol. The number of carbonyl (C=O) groups is 1. The molecule has 2 aromatic rings. The zero-order valence-corrected chi connectivity index (χ0v) is 19.9. The Bertz CT molecular complexity index is 1000. The van der Waals surface area contributed by atoms with E-state index < -0.39 is 10.0 Å². The third kappa shape index (κ3) is 4.68. The highest BCUT2D eigenvalue weighted by molar-refractivity contribution is 8.00. The summed E-state index contributed by atoms with van der Waals surface area (Å²) in [5, 5.41) is 3.51. The van der Waals surface area contributed by atoms with Crippen LogP contribution in [0.25, 0.3) is 0 Å². The molecule has 0 bridgehead atoms. The number of thiazole rings is 1. The van der Waals surface area contributed by atoms with Crippen molar-refractivity contribution in [2.45, 2.75) is 49.6 Å². The Hall–Kier alpha value is -1.42. The van der Waals surface area contributed by atoms with Crippen molar-refractivity contribution in [2.24, 2.45) is 5.92 Å². The predicted octanol–water partition coefficient (Wildman–Crippen LogP) is 4.14. The number of piperidine rings is 1. The van der Waals surface area contributed by atoms with E-state index in [2.05, 4.69) is 10.3 Å². The number of nitrogens with one attached hydrogen (secondary N) is 1. The number of nitrogens with zero attached hydrogens (tertiary/aromatic N) is 2. The SMILES string of the molecule is CSc1sc(NC(=O)C2CCN(S(=O)(=O)c3c(C)cc(C)cc3C)CC2)nc1C. The van der Waals surface area contributed by atoms with Crippen molar-refractivity contribution in [1.29, 1.82) is 0 Å². The van der Waals surface area contributed by atoms with Crippen LogP contribution in [0.15, 0.2) is 21.2 Å². The Morgan fingerprint density at radius 1 is 1.17 bits per heavy atom. The molecule has 1 fully saturated rings. The van der Waals surface area contributed by atoms with Crippen molar-refractivity contribution in [2.75, 3.05) is 24.7 Å². The molecule has 6 nitrogen and oxygen atoms in total. The Kier molecular flexibility index (Phi) is 6.72. The number of carbonyl (C=O) groups excluding carboxylic acids is 1. The lowest BCUT2D eigenvalue weighted by Gasteiger charge is -2.31. The van der Waals surface area contributed by atoms with Crippen molar-refractivity contribution in [1.82, 2.24) is 9.29 Å². The molecule has 1 saturated heterocycles. The summed E-state index contributed by atoms with van der Waals surface area (Å²) in [6.07, 6.45) is 3.00. The molecule has 0 saturated carbocycles. The molecule has 29 heavy (non-hydrogen) atoms. The molecule has 1 aliphatic heterocycles. The van der Waals surface area contributed by atoms with Crippen molar-refractivity contribution in [3.63, 3.8) is 0 Å². The lowest BCUT2D eigenvalue weighted by Crippen LogP contribution is -2.41. The normalized spacial score (nSPS) is 16.2. The van der Waals surface area contributed by atoms with Crippen LogP contribution < -0.4 is 5.32 Å². The van der Waals surface area contributed by atoms with Crippen molar-refractivity contribution >= 4 is 44.2 Å². The number of aryl methyl sites for hydroxylation is 4. The Balaban J connectivity index is 1.67. The number of anilines is 1. The minimum atomic E-state index is -3.57. The Morgan fingerprint density at radius 2 is 1.76 bits per heavy atom. The van der Waals surface area contributed by atoms with E-state index in [-0.39, 0.29) is 11.8 Å². The molecule has 0 radical (unpaired) electrons. The van der Waals surface area contributed by atoms with E-state index in [1.807, 2.05) is 46.1 Å². The molecule has 2 heterocycles. The maximum atomic E-state index is 13.2. The van der Waals surface area contributed by atoms with Gasteiger partial charge >= 0.3 is 0 Å². The first-order chi connectivity index (χ1) is 13.6. The maximum Gasteiger partial charge on any atom is 0.243 e. The summed E-state index contributed by atoms with van der Waals surface area (Å²) in [5.74, 6) is -0.283. The number of amides is 1. The summed E-state index contributed by atoms with van der Waals surface area (Å²) >= 11 is 3.09. The summed E-state index contributed by atoms with van der Waals surface area (Å²) < 4.78 is 29.0. The highest BCUT2D eigenvalue weighted by Gasteiger charge is 2.34. The van der Waals surface area contributed by atoms with Gasteiger partial charge in [-0.15, -0.1) is 11.8 Å². The van der Waals surface area contributed by atoms with Crippen LogP contribution in [0.3, 0.4) is 0 Å². The van der Waals surface area contributed by atoms with E-state index in [4.69, 9.17) is 0 Å². The molecular formula is C20H27N3O3S3. The number of hydrogen-bond acceptors (Lipinski definition) is 6. The number of hydrogen-bond donors (Lipinski definition) is 1. The van der Waals surface area contributed by atoms with Gasteiger partial charge in [-0.05, 0) is 57.9 Å². The minimum absolute atomic E-state index is 0.0776. The highest BCUT2D eigenvalue weighted by Crippen LogP contribution is 2.32. The van der Waals surface area contributed by atoms with E-state index in [0.29, 0.717) is 36.0 Å². The summed E-state index contributed by atoms with van der Waals surface area (Å²) in [5.41, 5.74) is 3.51. The van der Waals surface area contributed by atoms with Crippen LogP contribution in [-0.4, -0.2) is 43.0 Å². The van der Waals surface area contributed by atoms with Crippen LogP contribution in [0.4, 0.5) is 5.13 Å².